The molecular formula is C16H22N2O. The quantitative estimate of drug-likeness (QED) is 0.881. The van der Waals surface area contributed by atoms with Crippen LogP contribution in [-0.4, -0.2) is 36.7 Å². The van der Waals surface area contributed by atoms with Crippen LogP contribution in [0, 0.1) is 0 Å². The third kappa shape index (κ3) is 2.05. The SMILES string of the molecule is c1cc2c(c(CN3CCOC4CCCC43)c1)NCC2. The molecule has 1 aromatic carbocycles. The fourth-order valence-corrected chi connectivity index (χ4v) is 3.96. The van der Waals surface area contributed by atoms with Crippen LogP contribution < -0.4 is 5.32 Å². The predicted octanol–water partition coefficient (Wildman–Crippen LogP) is 2.41. The standard InChI is InChI=1S/C16H22N2O/c1-3-12-7-8-17-16(12)13(4-1)11-18-9-10-19-15-6-2-5-14(15)18/h1,3-4,14-15,17H,2,5-11H2. The van der Waals surface area contributed by atoms with E-state index in [2.05, 4.69) is 28.4 Å². The van der Waals surface area contributed by atoms with Gasteiger partial charge >= 0.3 is 0 Å². The van der Waals surface area contributed by atoms with Gasteiger partial charge in [0.2, 0.25) is 0 Å². The van der Waals surface area contributed by atoms with E-state index < -0.39 is 0 Å². The average Bonchev–Trinajstić information content (AvgIpc) is 3.08. The summed E-state index contributed by atoms with van der Waals surface area (Å²) < 4.78 is 5.91. The van der Waals surface area contributed by atoms with Gasteiger partial charge in [0.1, 0.15) is 0 Å². The van der Waals surface area contributed by atoms with Crippen LogP contribution in [0.3, 0.4) is 0 Å². The number of rotatable bonds is 2. The molecule has 2 unspecified atom stereocenters. The second kappa shape index (κ2) is 4.80. The Morgan fingerprint density at radius 1 is 1.32 bits per heavy atom. The summed E-state index contributed by atoms with van der Waals surface area (Å²) >= 11 is 0. The number of nitrogens with one attached hydrogen (secondary N) is 1. The van der Waals surface area contributed by atoms with Crippen molar-refractivity contribution in [2.45, 2.75) is 44.4 Å². The number of ether oxygens (including phenoxy) is 1. The number of fused-ring (bicyclic) bond motifs is 2. The fraction of sp³-hybridized carbons (Fsp3) is 0.625. The smallest absolute Gasteiger partial charge is 0.0731 e. The maximum atomic E-state index is 5.91. The summed E-state index contributed by atoms with van der Waals surface area (Å²) in [5.41, 5.74) is 4.37. The number of hydrogen-bond donors (Lipinski definition) is 1. The molecule has 2 aliphatic heterocycles. The molecule has 3 nitrogen and oxygen atoms in total. The number of morpholine rings is 1. The van der Waals surface area contributed by atoms with Gasteiger partial charge in [0, 0.05) is 31.4 Å². The number of hydrogen-bond acceptors (Lipinski definition) is 3. The Hall–Kier alpha value is -1.06. The van der Waals surface area contributed by atoms with Gasteiger partial charge in [-0.3, -0.25) is 4.90 Å². The summed E-state index contributed by atoms with van der Waals surface area (Å²) in [4.78, 5) is 2.65. The van der Waals surface area contributed by atoms with E-state index in [9.17, 15) is 0 Å². The fourth-order valence-electron chi connectivity index (χ4n) is 3.96. The summed E-state index contributed by atoms with van der Waals surface area (Å²) in [6.45, 7) is 4.18. The molecule has 1 saturated heterocycles. The van der Waals surface area contributed by atoms with Crippen LogP contribution in [-0.2, 0) is 17.7 Å². The number of para-hydroxylation sites is 1. The molecule has 19 heavy (non-hydrogen) atoms. The topological polar surface area (TPSA) is 24.5 Å². The van der Waals surface area contributed by atoms with E-state index in [0.29, 0.717) is 12.1 Å². The molecule has 0 amide bonds. The molecule has 3 heteroatoms. The third-order valence-electron chi connectivity index (χ3n) is 4.90. The van der Waals surface area contributed by atoms with Crippen LogP contribution in [0.2, 0.25) is 0 Å². The molecule has 1 aromatic rings. The first-order valence-electron chi connectivity index (χ1n) is 7.62. The first-order valence-corrected chi connectivity index (χ1v) is 7.62. The van der Waals surface area contributed by atoms with E-state index in [1.54, 1.807) is 0 Å². The van der Waals surface area contributed by atoms with Crippen molar-refractivity contribution in [3.05, 3.63) is 29.3 Å². The van der Waals surface area contributed by atoms with Gasteiger partial charge in [0.05, 0.1) is 12.7 Å². The van der Waals surface area contributed by atoms with E-state index in [4.69, 9.17) is 4.74 Å². The highest BCUT2D eigenvalue weighted by atomic mass is 16.5. The molecule has 2 atom stereocenters. The zero-order chi connectivity index (χ0) is 12.7. The zero-order valence-corrected chi connectivity index (χ0v) is 11.4. The van der Waals surface area contributed by atoms with Crippen LogP contribution >= 0.6 is 0 Å². The minimum Gasteiger partial charge on any atom is -0.384 e. The lowest BCUT2D eigenvalue weighted by atomic mass is 10.0. The molecular weight excluding hydrogens is 236 g/mol. The number of nitrogens with zero attached hydrogens (tertiary/aromatic N) is 1. The van der Waals surface area contributed by atoms with Gasteiger partial charge in [0.25, 0.3) is 0 Å². The van der Waals surface area contributed by atoms with Crippen LogP contribution in [0.5, 0.6) is 0 Å². The molecule has 2 fully saturated rings. The zero-order valence-electron chi connectivity index (χ0n) is 11.4. The van der Waals surface area contributed by atoms with Crippen molar-refractivity contribution < 1.29 is 4.74 Å². The van der Waals surface area contributed by atoms with Crippen LogP contribution in [0.1, 0.15) is 30.4 Å². The van der Waals surface area contributed by atoms with Crippen molar-refractivity contribution in [3.8, 4) is 0 Å². The highest BCUT2D eigenvalue weighted by molar-refractivity contribution is 5.61. The van der Waals surface area contributed by atoms with Crippen molar-refractivity contribution >= 4 is 5.69 Å². The van der Waals surface area contributed by atoms with Crippen LogP contribution in [0.25, 0.3) is 0 Å². The monoisotopic (exact) mass is 258 g/mol. The average molecular weight is 258 g/mol. The largest absolute Gasteiger partial charge is 0.384 e. The first-order chi connectivity index (χ1) is 9.42. The van der Waals surface area contributed by atoms with Crippen molar-refractivity contribution in [2.75, 3.05) is 25.0 Å². The Balaban J connectivity index is 1.56. The van der Waals surface area contributed by atoms with Gasteiger partial charge in [-0.1, -0.05) is 18.2 Å². The number of anilines is 1. The molecule has 0 bridgehead atoms. The molecule has 4 rings (SSSR count). The van der Waals surface area contributed by atoms with E-state index in [1.165, 1.54) is 42.5 Å². The Labute approximate surface area is 114 Å². The van der Waals surface area contributed by atoms with Gasteiger partial charge in [-0.2, -0.15) is 0 Å². The maximum absolute atomic E-state index is 5.91. The molecule has 0 radical (unpaired) electrons. The Bertz CT molecular complexity index is 474. The number of benzene rings is 1. The molecule has 102 valence electrons. The predicted molar refractivity (Wildman–Crippen MR) is 76.4 cm³/mol. The summed E-state index contributed by atoms with van der Waals surface area (Å²) in [6.07, 6.45) is 5.58. The normalized spacial score (nSPS) is 29.9. The lowest BCUT2D eigenvalue weighted by Crippen LogP contribution is -2.47. The molecule has 1 N–H and O–H groups in total. The van der Waals surface area contributed by atoms with Crippen LogP contribution in [0.4, 0.5) is 5.69 Å². The van der Waals surface area contributed by atoms with E-state index >= 15 is 0 Å². The van der Waals surface area contributed by atoms with Gasteiger partial charge in [0.15, 0.2) is 0 Å². The van der Waals surface area contributed by atoms with Gasteiger partial charge in [-0.05, 0) is 36.8 Å². The third-order valence-corrected chi connectivity index (χ3v) is 4.90. The van der Waals surface area contributed by atoms with Gasteiger partial charge in [-0.25, -0.2) is 0 Å². The lowest BCUT2D eigenvalue weighted by Gasteiger charge is -2.38. The van der Waals surface area contributed by atoms with E-state index in [0.717, 1.165) is 26.2 Å². The van der Waals surface area contributed by atoms with E-state index in [1.807, 2.05) is 0 Å². The molecule has 1 aliphatic carbocycles. The Morgan fingerprint density at radius 2 is 2.32 bits per heavy atom. The summed E-state index contributed by atoms with van der Waals surface area (Å²) in [6, 6.07) is 7.42. The Morgan fingerprint density at radius 3 is 3.32 bits per heavy atom. The van der Waals surface area contributed by atoms with Crippen molar-refractivity contribution in [3.63, 3.8) is 0 Å². The van der Waals surface area contributed by atoms with Crippen molar-refractivity contribution in [1.82, 2.24) is 4.90 Å². The van der Waals surface area contributed by atoms with Gasteiger partial charge < -0.3 is 10.1 Å². The summed E-state index contributed by atoms with van der Waals surface area (Å²) in [7, 11) is 0. The second-order valence-electron chi connectivity index (χ2n) is 6.01. The van der Waals surface area contributed by atoms with Gasteiger partial charge in [-0.15, -0.1) is 0 Å². The minimum absolute atomic E-state index is 0.499. The molecule has 0 aromatic heterocycles. The second-order valence-corrected chi connectivity index (χ2v) is 6.01. The highest BCUT2D eigenvalue weighted by Crippen LogP contribution is 2.33. The van der Waals surface area contributed by atoms with Crippen LogP contribution in [0.15, 0.2) is 18.2 Å². The Kier molecular flexibility index (Phi) is 2.97. The van der Waals surface area contributed by atoms with Crippen molar-refractivity contribution in [2.24, 2.45) is 0 Å². The van der Waals surface area contributed by atoms with E-state index in [-0.39, 0.29) is 0 Å². The van der Waals surface area contributed by atoms with Crippen molar-refractivity contribution in [1.29, 1.82) is 0 Å². The lowest BCUT2D eigenvalue weighted by molar-refractivity contribution is -0.0587. The highest BCUT2D eigenvalue weighted by Gasteiger charge is 2.36. The maximum Gasteiger partial charge on any atom is 0.0731 e. The minimum atomic E-state index is 0.499. The summed E-state index contributed by atoms with van der Waals surface area (Å²) in [5.74, 6) is 0. The summed E-state index contributed by atoms with van der Waals surface area (Å²) in [5, 5.41) is 3.56. The molecule has 2 heterocycles. The molecule has 1 saturated carbocycles. The molecule has 3 aliphatic rings. The molecule has 0 spiro atoms. The first kappa shape index (κ1) is 11.7.